The number of nitrogens with one attached hydrogen (secondary N) is 1. The quantitative estimate of drug-likeness (QED) is 0.391. The molecule has 2 heterocycles. The number of para-hydroxylation sites is 1. The smallest absolute Gasteiger partial charge is 0.304 e. The van der Waals surface area contributed by atoms with Gasteiger partial charge in [0.05, 0.1) is 42.2 Å². The Morgan fingerprint density at radius 1 is 1.17 bits per heavy atom. The van der Waals surface area contributed by atoms with E-state index in [1.807, 2.05) is 13.8 Å². The van der Waals surface area contributed by atoms with Crippen LogP contribution in [-0.2, 0) is 14.8 Å². The van der Waals surface area contributed by atoms with Gasteiger partial charge in [-0.3, -0.25) is 19.4 Å². The van der Waals surface area contributed by atoms with Gasteiger partial charge in [0.2, 0.25) is 15.9 Å². The molecule has 1 unspecified atom stereocenters. The van der Waals surface area contributed by atoms with Crippen LogP contribution in [0.15, 0.2) is 59.6 Å². The van der Waals surface area contributed by atoms with E-state index in [4.69, 9.17) is 5.26 Å². The van der Waals surface area contributed by atoms with Crippen molar-refractivity contribution in [3.8, 4) is 6.07 Å². The van der Waals surface area contributed by atoms with Crippen molar-refractivity contribution in [2.75, 3.05) is 23.7 Å². The predicted octanol–water partition coefficient (Wildman–Crippen LogP) is 4.74. The van der Waals surface area contributed by atoms with Gasteiger partial charge in [-0.05, 0) is 48.5 Å². The average Bonchev–Trinajstić information content (AvgIpc) is 3.28. The number of hydrogen-bond donors (Lipinski definition) is 1. The molecule has 0 aliphatic carbocycles. The summed E-state index contributed by atoms with van der Waals surface area (Å²) >= 11 is 0.689. The zero-order chi connectivity index (χ0) is 31.2. The van der Waals surface area contributed by atoms with Crippen LogP contribution in [0.1, 0.15) is 36.2 Å². The number of aryl methyl sites for hydroxylation is 1. The van der Waals surface area contributed by atoms with Crippen LogP contribution in [0.4, 0.5) is 19.3 Å². The second kappa shape index (κ2) is 13.3. The molecule has 14 heteroatoms. The molecule has 1 aromatic heterocycles. The third-order valence-electron chi connectivity index (χ3n) is 6.19. The van der Waals surface area contributed by atoms with Gasteiger partial charge in [-0.1, -0.05) is 38.1 Å². The summed E-state index contributed by atoms with van der Waals surface area (Å²) in [7, 11) is -3.94. The molecule has 222 valence electrons. The number of nitriles is 1. The first kappa shape index (κ1) is 32.4. The number of amides is 3. The minimum absolute atomic E-state index is 0.148. The van der Waals surface area contributed by atoms with E-state index in [0.717, 1.165) is 11.2 Å². The van der Waals surface area contributed by atoms with Gasteiger partial charge in [0.25, 0.3) is 11.8 Å². The first-order chi connectivity index (χ1) is 19.8. The van der Waals surface area contributed by atoms with E-state index >= 15 is 0 Å². The summed E-state index contributed by atoms with van der Waals surface area (Å²) in [4.78, 5) is 44.0. The topological polar surface area (TPSA) is 141 Å². The maximum Gasteiger partial charge on any atom is 0.304 e. The van der Waals surface area contributed by atoms with Crippen molar-refractivity contribution in [1.29, 1.82) is 5.26 Å². The Labute approximate surface area is 246 Å². The van der Waals surface area contributed by atoms with Crippen LogP contribution in [0.3, 0.4) is 0 Å². The van der Waals surface area contributed by atoms with Crippen molar-refractivity contribution in [2.45, 2.75) is 44.1 Å². The number of carbonyl (C=O) groups excluding carboxylic acids is 3. The first-order valence-corrected chi connectivity index (χ1v) is 15.5. The zero-order valence-corrected chi connectivity index (χ0v) is 24.9. The summed E-state index contributed by atoms with van der Waals surface area (Å²) in [5, 5.41) is 11.1. The van der Waals surface area contributed by atoms with Crippen LogP contribution in [0.2, 0.25) is 0 Å². The van der Waals surface area contributed by atoms with E-state index in [9.17, 15) is 31.6 Å². The van der Waals surface area contributed by atoms with Gasteiger partial charge in [0.1, 0.15) is 6.04 Å². The molecule has 1 fully saturated rings. The number of pyridine rings is 1. The molecule has 42 heavy (non-hydrogen) atoms. The van der Waals surface area contributed by atoms with Gasteiger partial charge in [0.15, 0.2) is 0 Å². The number of thioether (sulfide) groups is 1. The van der Waals surface area contributed by atoms with Crippen LogP contribution in [-0.4, -0.2) is 66.7 Å². The van der Waals surface area contributed by atoms with Crippen molar-refractivity contribution in [2.24, 2.45) is 0 Å². The van der Waals surface area contributed by atoms with Crippen molar-refractivity contribution < 1.29 is 31.6 Å². The van der Waals surface area contributed by atoms with Gasteiger partial charge in [-0.15, -0.1) is 0 Å². The van der Waals surface area contributed by atoms with E-state index in [-0.39, 0.29) is 11.3 Å². The molecule has 0 spiro atoms. The van der Waals surface area contributed by atoms with E-state index in [1.54, 1.807) is 43.3 Å². The molecule has 1 aliphatic rings. The Balaban J connectivity index is 0.00000237. The lowest BCUT2D eigenvalue weighted by Crippen LogP contribution is -2.43. The summed E-state index contributed by atoms with van der Waals surface area (Å²) in [6.45, 7) is 4.19. The predicted molar refractivity (Wildman–Crippen MR) is 156 cm³/mol. The van der Waals surface area contributed by atoms with Crippen LogP contribution in [0.25, 0.3) is 10.9 Å². The number of alkyl halides is 2. The highest BCUT2D eigenvalue weighted by Crippen LogP contribution is 2.34. The average molecular weight is 618 g/mol. The molecule has 1 saturated heterocycles. The number of halogens is 2. The van der Waals surface area contributed by atoms with Crippen molar-refractivity contribution in [1.82, 2.24) is 15.2 Å². The molecule has 1 aliphatic heterocycles. The molecule has 0 saturated carbocycles. The van der Waals surface area contributed by atoms with Crippen molar-refractivity contribution in [3.63, 3.8) is 0 Å². The summed E-state index contributed by atoms with van der Waals surface area (Å²) in [5.74, 6) is -4.64. The minimum atomic E-state index is -3.94. The maximum absolute atomic E-state index is 13.7. The molecule has 3 amide bonds. The fraction of sp³-hybridized carbons (Fsp3) is 0.321. The molecule has 4 rings (SSSR count). The van der Waals surface area contributed by atoms with E-state index in [1.165, 1.54) is 24.4 Å². The number of aromatic nitrogens is 1. The fourth-order valence-electron chi connectivity index (χ4n) is 4.33. The number of rotatable bonds is 6. The summed E-state index contributed by atoms with van der Waals surface area (Å²) in [6, 6.07) is 12.8. The number of hydrogen-bond acceptors (Lipinski definition) is 8. The summed E-state index contributed by atoms with van der Waals surface area (Å²) in [5.41, 5.74) is 1.21. The van der Waals surface area contributed by atoms with Crippen molar-refractivity contribution >= 4 is 55.4 Å². The highest BCUT2D eigenvalue weighted by molar-refractivity contribution is 8.15. The summed E-state index contributed by atoms with van der Waals surface area (Å²) in [6.07, 6.45) is 1.54. The number of sulfonamides is 1. The van der Waals surface area contributed by atoms with Crippen LogP contribution in [0, 0.1) is 18.3 Å². The fourth-order valence-corrected chi connectivity index (χ4v) is 6.38. The van der Waals surface area contributed by atoms with E-state index in [0.29, 0.717) is 37.4 Å². The molecular weight excluding hydrogens is 588 g/mol. The third kappa shape index (κ3) is 7.21. The molecule has 10 nitrogen and oxygen atoms in total. The second-order valence-corrected chi connectivity index (χ2v) is 11.9. The minimum Gasteiger partial charge on any atom is -0.343 e. The van der Waals surface area contributed by atoms with E-state index < -0.39 is 58.6 Å². The molecule has 1 atom stereocenters. The van der Waals surface area contributed by atoms with Gasteiger partial charge in [-0.2, -0.15) is 9.57 Å². The standard InChI is InChI=1S/C26H23F2N5O5S2.C2H6/c1-16-21(39-25(36)33(40(2,37)38)17-6-4-3-5-7-17)9-8-19-20(10-11-30-23(16)19)24(35)31-14-22(34)32-15-26(27,28)12-18(32)13-29;1-2/h3-11,18H,12,14-15H2,1-2H3,(H,31,35);1-2H3. The van der Waals surface area contributed by atoms with Crippen LogP contribution in [0.5, 0.6) is 0 Å². The Morgan fingerprint density at radius 3 is 2.45 bits per heavy atom. The highest BCUT2D eigenvalue weighted by atomic mass is 32.2. The monoisotopic (exact) mass is 617 g/mol. The second-order valence-electron chi connectivity index (χ2n) is 9.08. The Bertz CT molecular complexity index is 1650. The zero-order valence-electron chi connectivity index (χ0n) is 23.3. The largest absolute Gasteiger partial charge is 0.343 e. The number of anilines is 1. The Morgan fingerprint density at radius 2 is 1.83 bits per heavy atom. The molecule has 3 aromatic rings. The third-order valence-corrected chi connectivity index (χ3v) is 8.36. The van der Waals surface area contributed by atoms with Gasteiger partial charge >= 0.3 is 5.24 Å². The molecule has 1 N–H and O–H groups in total. The number of fused-ring (bicyclic) bond motifs is 1. The van der Waals surface area contributed by atoms with Gasteiger partial charge < -0.3 is 10.2 Å². The van der Waals surface area contributed by atoms with Crippen LogP contribution < -0.4 is 9.62 Å². The Hall–Kier alpha value is -4.09. The molecule has 0 radical (unpaired) electrons. The number of carbonyl (C=O) groups is 3. The van der Waals surface area contributed by atoms with Gasteiger partial charge in [0, 0.05) is 22.9 Å². The number of likely N-dealkylation sites (tertiary alicyclic amines) is 1. The number of nitrogens with zero attached hydrogens (tertiary/aromatic N) is 4. The van der Waals surface area contributed by atoms with E-state index in [2.05, 4.69) is 10.3 Å². The molecule has 2 aromatic carbocycles. The lowest BCUT2D eigenvalue weighted by molar-refractivity contribution is -0.131. The maximum atomic E-state index is 13.7. The first-order valence-electron chi connectivity index (χ1n) is 12.8. The highest BCUT2D eigenvalue weighted by Gasteiger charge is 2.47. The van der Waals surface area contributed by atoms with Crippen molar-refractivity contribution in [3.05, 3.63) is 65.9 Å². The number of benzene rings is 2. The van der Waals surface area contributed by atoms with Gasteiger partial charge in [-0.25, -0.2) is 17.2 Å². The Kier molecular flexibility index (Phi) is 10.2. The normalized spacial score (nSPS) is 15.7. The van der Waals surface area contributed by atoms with Crippen LogP contribution >= 0.6 is 11.8 Å². The lowest BCUT2D eigenvalue weighted by atomic mass is 10.1. The molecular formula is C28H29F2N5O5S2. The lowest BCUT2D eigenvalue weighted by Gasteiger charge is -2.20. The molecule has 0 bridgehead atoms. The summed E-state index contributed by atoms with van der Waals surface area (Å²) < 4.78 is 52.8. The SMILES string of the molecule is CC.Cc1c(SC(=O)N(c2ccccc2)S(C)(=O)=O)ccc2c(C(=O)NCC(=O)N3CC(F)(F)CC3C#N)ccnc12.